The number of aryl methyl sites for hydroxylation is 7. The molecule has 0 radical (unpaired) electrons. The van der Waals surface area contributed by atoms with Crippen molar-refractivity contribution in [2.24, 2.45) is 46.1 Å². The molecule has 0 aliphatic carbocycles. The maximum Gasteiger partial charge on any atom is 0.291 e. The number of likely N-dealkylation sites (tertiary alicyclic amines) is 2. The number of amides is 9. The van der Waals surface area contributed by atoms with Crippen molar-refractivity contribution in [3.63, 3.8) is 0 Å². The number of aliphatic imine (C=N–C) groups is 1. The highest BCUT2D eigenvalue weighted by Crippen LogP contribution is 2.40. The average Bonchev–Trinajstić information content (AvgIpc) is 1.59. The van der Waals surface area contributed by atoms with Crippen LogP contribution in [0.3, 0.4) is 0 Å². The first kappa shape index (κ1) is 90.1. The van der Waals surface area contributed by atoms with Crippen LogP contribution in [-0.4, -0.2) is 259 Å². The third-order valence-electron chi connectivity index (χ3n) is 20.2. The van der Waals surface area contributed by atoms with E-state index in [-0.39, 0.29) is 123 Å². The van der Waals surface area contributed by atoms with Gasteiger partial charge in [0.05, 0.1) is 96.1 Å². The van der Waals surface area contributed by atoms with Crippen LogP contribution in [0, 0.1) is 50.4 Å². The number of piperidine rings is 2. The monoisotopic (exact) mass is 1700 g/mol. The third kappa shape index (κ3) is 26.1. The number of hydrogen-bond acceptors (Lipinski definition) is 23. The predicted octanol–water partition coefficient (Wildman–Crippen LogP) is 4.41. The Morgan fingerprint density at radius 2 is 1.07 bits per heavy atom. The van der Waals surface area contributed by atoms with Gasteiger partial charge in [-0.2, -0.15) is 0 Å². The number of hydrogen-bond donors (Lipinski definition) is 9. The molecule has 39 heteroatoms. The van der Waals surface area contributed by atoms with Crippen LogP contribution in [-0.2, 0) is 78.1 Å². The fourth-order valence-corrected chi connectivity index (χ4v) is 15.0. The Kier molecular flexibility index (Phi) is 33.1. The zero-order valence-corrected chi connectivity index (χ0v) is 70.8. The van der Waals surface area contributed by atoms with Crippen LogP contribution < -0.4 is 47.9 Å². The normalized spacial score (nSPS) is 14.2. The van der Waals surface area contributed by atoms with Crippen molar-refractivity contribution >= 4 is 105 Å². The quantitative estimate of drug-likeness (QED) is 0.0189. The highest BCUT2D eigenvalue weighted by Gasteiger charge is 2.34. The van der Waals surface area contributed by atoms with Gasteiger partial charge in [0, 0.05) is 170 Å². The second-order valence-corrected chi connectivity index (χ2v) is 30.9. The van der Waals surface area contributed by atoms with Crippen molar-refractivity contribution in [3.05, 3.63) is 141 Å². The molecule has 3 aliphatic heterocycles. The summed E-state index contributed by atoms with van der Waals surface area (Å²) in [4.78, 5) is 140. The number of ether oxygens (including phenoxy) is 5. The van der Waals surface area contributed by atoms with Crippen LogP contribution in [0.4, 0.5) is 23.0 Å². The Morgan fingerprint density at radius 3 is 1.64 bits per heavy atom. The first-order valence-corrected chi connectivity index (χ1v) is 41.3. The van der Waals surface area contributed by atoms with Gasteiger partial charge in [-0.05, 0) is 101 Å². The molecule has 11 rings (SSSR count). The van der Waals surface area contributed by atoms with E-state index in [9.17, 15) is 43.2 Å². The summed E-state index contributed by atoms with van der Waals surface area (Å²) in [5.41, 5.74) is 5.01. The number of aromatic nitrogens is 11. The third-order valence-corrected chi connectivity index (χ3v) is 21.7. The van der Waals surface area contributed by atoms with Gasteiger partial charge in [0.1, 0.15) is 28.3 Å². The van der Waals surface area contributed by atoms with E-state index in [1.165, 1.54) is 60.1 Å². The highest BCUT2D eigenvalue weighted by atomic mass is 35.5. The largest absolute Gasteiger partial charge is 0.378 e. The van der Waals surface area contributed by atoms with Gasteiger partial charge in [0.2, 0.25) is 35.3 Å². The molecule has 2 saturated heterocycles. The second kappa shape index (κ2) is 44.5. The van der Waals surface area contributed by atoms with Gasteiger partial charge in [0.15, 0.2) is 23.3 Å². The Labute approximate surface area is 709 Å². The molecule has 3 aliphatic rings. The van der Waals surface area contributed by atoms with Crippen molar-refractivity contribution in [2.75, 3.05) is 153 Å². The van der Waals surface area contributed by atoms with Gasteiger partial charge in [-0.15, -0.1) is 21.5 Å². The van der Waals surface area contributed by atoms with E-state index in [0.717, 1.165) is 91.6 Å². The first-order valence-electron chi connectivity index (χ1n) is 40.1. The topological polar surface area (TPSA) is 421 Å². The predicted molar refractivity (Wildman–Crippen MR) is 452 cm³/mol. The maximum atomic E-state index is 13.7. The van der Waals surface area contributed by atoms with Crippen LogP contribution in [0.1, 0.15) is 143 Å². The zero-order chi connectivity index (χ0) is 85.9. The number of anilines is 4. The SMILES string of the molecule is Cc1sc2c(c1C)C(c1ccc(Cl)cc1)=N[C@@H](CC(=O)NC1CCN(CC#CC#CC3CCN(CCOCCOCCOCCOCCOCCNC(=O)CCNC(=O)c4nc(NC(=O)CCNC(=O)c5cc(NC(=O)c6nc(NC(=O)CCNC(=O)c7cc(NC(=O)c8nccn8C)cn7C)cn6C)cn5C)cn4C)CC3)CC1)c1nnc(C)n1-2. The van der Waals surface area contributed by atoms with Crippen LogP contribution in [0.2, 0.25) is 5.02 Å². The van der Waals surface area contributed by atoms with E-state index >= 15 is 0 Å². The van der Waals surface area contributed by atoms with Crippen LogP contribution in [0.15, 0.2) is 78.6 Å². The average molecular weight is 1700 g/mol. The number of carbonyl (C=O) groups excluding carboxylic acids is 9. The second-order valence-electron chi connectivity index (χ2n) is 29.3. The Balaban J connectivity index is 0.448. The molecule has 7 aromatic heterocycles. The number of nitrogens with one attached hydrogen (secondary N) is 9. The summed E-state index contributed by atoms with van der Waals surface area (Å²) in [6.45, 7) is 15.7. The van der Waals surface area contributed by atoms with Crippen molar-refractivity contribution in [1.29, 1.82) is 0 Å². The van der Waals surface area contributed by atoms with Crippen molar-refractivity contribution < 1.29 is 66.8 Å². The lowest BCUT2D eigenvalue weighted by molar-refractivity contribution is -0.123. The molecule has 1 atom stereocenters. The molecule has 8 aromatic rings. The summed E-state index contributed by atoms with van der Waals surface area (Å²) in [6.07, 6.45) is 12.7. The van der Waals surface area contributed by atoms with Crippen molar-refractivity contribution in [2.45, 2.75) is 84.2 Å². The Hall–Kier alpha value is -11.7. The zero-order valence-electron chi connectivity index (χ0n) is 69.2. The number of nitrogens with zero attached hydrogens (tertiary/aromatic N) is 14. The summed E-state index contributed by atoms with van der Waals surface area (Å²) >= 11 is 7.98. The minimum Gasteiger partial charge on any atom is -0.378 e. The molecule has 0 spiro atoms. The van der Waals surface area contributed by atoms with E-state index < -0.39 is 47.4 Å². The molecule has 0 saturated carbocycles. The molecule has 2 fully saturated rings. The van der Waals surface area contributed by atoms with E-state index in [2.05, 4.69) is 125 Å². The summed E-state index contributed by atoms with van der Waals surface area (Å²) in [5.74, 6) is 10.9. The molecule has 9 amide bonds. The summed E-state index contributed by atoms with van der Waals surface area (Å²) < 4.78 is 37.7. The Morgan fingerprint density at radius 1 is 0.537 bits per heavy atom. The molecule has 644 valence electrons. The molecule has 121 heavy (non-hydrogen) atoms. The molecule has 10 heterocycles. The Bertz CT molecular complexity index is 5130. The van der Waals surface area contributed by atoms with Gasteiger partial charge in [0.25, 0.3) is 29.5 Å². The molecule has 9 N–H and O–H groups in total. The van der Waals surface area contributed by atoms with E-state index in [0.29, 0.717) is 88.5 Å². The van der Waals surface area contributed by atoms with Gasteiger partial charge in [-0.1, -0.05) is 35.6 Å². The number of fused-ring (bicyclic) bond motifs is 3. The fraction of sp³-hybridized carbons (Fsp3) is 0.476. The van der Waals surface area contributed by atoms with Crippen LogP contribution >= 0.6 is 22.9 Å². The maximum absolute atomic E-state index is 13.7. The van der Waals surface area contributed by atoms with Crippen LogP contribution in [0.25, 0.3) is 5.00 Å². The van der Waals surface area contributed by atoms with Crippen molar-refractivity contribution in [1.82, 2.24) is 88.9 Å². The lowest BCUT2D eigenvalue weighted by Gasteiger charge is -2.31. The lowest BCUT2D eigenvalue weighted by Crippen LogP contribution is -2.45. The highest BCUT2D eigenvalue weighted by molar-refractivity contribution is 7.15. The summed E-state index contributed by atoms with van der Waals surface area (Å²) in [7, 11) is 8.06. The van der Waals surface area contributed by atoms with E-state index in [4.69, 9.17) is 40.3 Å². The minimum absolute atomic E-state index is 0.000924. The number of thiophene rings is 1. The minimum atomic E-state index is -0.638. The summed E-state index contributed by atoms with van der Waals surface area (Å²) in [6, 6.07) is 10.2. The molecule has 0 unspecified atom stereocenters. The fourth-order valence-electron chi connectivity index (χ4n) is 13.7. The lowest BCUT2D eigenvalue weighted by atomic mass is 9.97. The molecular weight excluding hydrogens is 1600 g/mol. The number of halogens is 1. The number of imidazole rings is 3. The number of benzene rings is 1. The standard InChI is InChI=1S/C82H104ClN23O14S/c1-53-54(2)121-82-71(53)72(57-13-15-58(83)16-14-57)92-62(73-98-97-55(3)106(73)82)48-70(110)89-59-22-32-104(33-23-59)29-11-9-10-12-56-20-30-105(31-21-56)35-37-117-39-41-119-43-45-120-44-42-118-40-38-116-36-28-84-67(107)17-24-88-79(113)75-95-65(51-102(75)7)93-68(108)18-25-87-78(112)64-47-61(50-101(64)6)91-81(115)76-96-66(52-103(76)8)94-69(109)19-26-86-77(111)63-46-60(49-100(63)5)90-80(114)74-85-27-34-99(74)4/h13-16,27,34,46-47,49-52,56,59,62H,17-26,28-33,35-45,48H2,1-8H3,(H,84,107)(H,86,111)(H,87,112)(H,88,113)(H,89,110)(H,90,114)(H,91,115)(H,93,108)(H,94,109)/t62-/m0/s1. The summed E-state index contributed by atoms with van der Waals surface area (Å²) in [5, 5.41) is 35.3. The first-order chi connectivity index (χ1) is 58.4. The number of rotatable bonds is 41. The van der Waals surface area contributed by atoms with Gasteiger partial charge in [-0.3, -0.25) is 57.6 Å². The van der Waals surface area contributed by atoms with Crippen LogP contribution in [0.5, 0.6) is 0 Å². The molecule has 37 nitrogen and oxygen atoms in total. The van der Waals surface area contributed by atoms with Crippen molar-refractivity contribution in [3.8, 4) is 28.7 Å². The van der Waals surface area contributed by atoms with Gasteiger partial charge in [-0.25, -0.2) is 15.0 Å². The van der Waals surface area contributed by atoms with Gasteiger partial charge >= 0.3 is 0 Å². The molecule has 1 aromatic carbocycles. The molecular formula is C82H104ClN23O14S. The number of carbonyl (C=O) groups is 9. The van der Waals surface area contributed by atoms with Gasteiger partial charge < -0.3 is 99.3 Å². The van der Waals surface area contributed by atoms with E-state index in [1.807, 2.05) is 31.2 Å². The molecule has 0 bridgehead atoms. The smallest absolute Gasteiger partial charge is 0.291 e. The van der Waals surface area contributed by atoms with E-state index in [1.54, 1.807) is 63.5 Å².